The molecular weight excluding hydrogens is 377 g/mol. The maximum atomic E-state index is 13.1. The number of rotatable bonds is 4. The van der Waals surface area contributed by atoms with Gasteiger partial charge in [-0.3, -0.25) is 4.79 Å². The van der Waals surface area contributed by atoms with Gasteiger partial charge in [0.2, 0.25) is 0 Å². The predicted molar refractivity (Wildman–Crippen MR) is 99.1 cm³/mol. The van der Waals surface area contributed by atoms with Crippen molar-refractivity contribution in [3.63, 3.8) is 0 Å². The van der Waals surface area contributed by atoms with Crippen LogP contribution in [-0.2, 0) is 20.1 Å². The van der Waals surface area contributed by atoms with E-state index in [1.54, 1.807) is 12.1 Å². The third-order valence-electron chi connectivity index (χ3n) is 4.47. The Morgan fingerprint density at radius 3 is 2.62 bits per heavy atom. The van der Waals surface area contributed by atoms with Crippen molar-refractivity contribution in [1.29, 1.82) is 0 Å². The second kappa shape index (κ2) is 6.74. The number of fused-ring (bicyclic) bond motifs is 2. The third-order valence-corrected chi connectivity index (χ3v) is 5.09. The molecule has 7 heteroatoms. The summed E-state index contributed by atoms with van der Waals surface area (Å²) in [5, 5.41) is 0.811. The molecule has 0 unspecified atom stereocenters. The van der Waals surface area contributed by atoms with Crippen LogP contribution < -0.4 is 9.64 Å². The highest BCUT2D eigenvalue weighted by molar-refractivity contribution is 6.38. The molecule has 0 radical (unpaired) electrons. The average molecular weight is 394 g/mol. The van der Waals surface area contributed by atoms with Gasteiger partial charge in [0.05, 0.1) is 41.1 Å². The molecule has 2 aliphatic rings. The second-order valence-electron chi connectivity index (χ2n) is 6.19. The first-order chi connectivity index (χ1) is 12.5. The Bertz CT molecular complexity index is 865. The van der Waals surface area contributed by atoms with Crippen LogP contribution in [-0.4, -0.2) is 32.3 Å². The molecule has 2 aliphatic heterocycles. The summed E-state index contributed by atoms with van der Waals surface area (Å²) in [7, 11) is 0. The molecule has 26 heavy (non-hydrogen) atoms. The number of benzene rings is 2. The van der Waals surface area contributed by atoms with Crippen LogP contribution in [0.1, 0.15) is 11.1 Å². The zero-order valence-electron chi connectivity index (χ0n) is 14.1. The SMILES string of the molecule is Cc1cccc(OCCN2C(=O)C3(OCCO3)c3c(Cl)ccc(Cl)c32)c1. The number of nitrogens with zero attached hydrogens (tertiary/aromatic N) is 1. The fourth-order valence-electron chi connectivity index (χ4n) is 3.36. The zero-order chi connectivity index (χ0) is 18.3. The smallest absolute Gasteiger partial charge is 0.292 e. The Hall–Kier alpha value is -1.79. The Labute approximate surface area is 161 Å². The van der Waals surface area contributed by atoms with Crippen molar-refractivity contribution in [1.82, 2.24) is 0 Å². The minimum atomic E-state index is -1.50. The average Bonchev–Trinajstić information content (AvgIpc) is 3.19. The number of aryl methyl sites for hydroxylation is 1. The van der Waals surface area contributed by atoms with Crippen LogP contribution in [0.15, 0.2) is 36.4 Å². The van der Waals surface area contributed by atoms with Crippen molar-refractivity contribution < 1.29 is 19.0 Å². The molecule has 2 heterocycles. The molecule has 136 valence electrons. The number of hydrogen-bond donors (Lipinski definition) is 0. The standard InChI is InChI=1S/C19H17Cl2NO4/c1-12-3-2-4-13(11-12)24-8-7-22-17-15(21)6-5-14(20)16(17)19(18(22)23)25-9-10-26-19/h2-6,11H,7-10H2,1H3. The van der Waals surface area contributed by atoms with E-state index in [1.807, 2.05) is 31.2 Å². The summed E-state index contributed by atoms with van der Waals surface area (Å²) in [6, 6.07) is 11.0. The summed E-state index contributed by atoms with van der Waals surface area (Å²) < 4.78 is 17.2. The first-order valence-electron chi connectivity index (χ1n) is 8.31. The van der Waals surface area contributed by atoms with Crippen LogP contribution >= 0.6 is 23.2 Å². The van der Waals surface area contributed by atoms with Crippen molar-refractivity contribution in [3.8, 4) is 5.75 Å². The Morgan fingerprint density at radius 2 is 1.88 bits per heavy atom. The zero-order valence-corrected chi connectivity index (χ0v) is 15.6. The molecule has 0 aliphatic carbocycles. The summed E-state index contributed by atoms with van der Waals surface area (Å²) >= 11 is 12.7. The number of ether oxygens (including phenoxy) is 3. The van der Waals surface area contributed by atoms with Gasteiger partial charge in [-0.25, -0.2) is 0 Å². The lowest BCUT2D eigenvalue weighted by Crippen LogP contribution is -2.42. The largest absolute Gasteiger partial charge is 0.492 e. The lowest BCUT2D eigenvalue weighted by molar-refractivity contribution is -0.180. The van der Waals surface area contributed by atoms with E-state index in [4.69, 9.17) is 37.4 Å². The van der Waals surface area contributed by atoms with Crippen LogP contribution in [0.2, 0.25) is 10.0 Å². The topological polar surface area (TPSA) is 48.0 Å². The molecule has 5 nitrogen and oxygen atoms in total. The van der Waals surface area contributed by atoms with E-state index < -0.39 is 5.79 Å². The first-order valence-corrected chi connectivity index (χ1v) is 9.06. The number of amides is 1. The van der Waals surface area contributed by atoms with Crippen molar-refractivity contribution in [2.45, 2.75) is 12.7 Å². The maximum absolute atomic E-state index is 13.1. The molecule has 1 spiro atoms. The molecule has 1 fully saturated rings. The Kier molecular flexibility index (Phi) is 4.57. The van der Waals surface area contributed by atoms with Crippen LogP contribution in [0.25, 0.3) is 0 Å². The lowest BCUT2D eigenvalue weighted by atomic mass is 10.1. The quantitative estimate of drug-likeness (QED) is 0.789. The number of anilines is 1. The van der Waals surface area contributed by atoms with Crippen LogP contribution in [0.5, 0.6) is 5.75 Å². The minimum absolute atomic E-state index is 0.299. The molecule has 4 rings (SSSR count). The fraction of sp³-hybridized carbons (Fsp3) is 0.316. The summed E-state index contributed by atoms with van der Waals surface area (Å²) in [4.78, 5) is 14.6. The number of halogens is 2. The van der Waals surface area contributed by atoms with Gasteiger partial charge in [-0.1, -0.05) is 35.3 Å². The number of carbonyl (C=O) groups excluding carboxylic acids is 1. The second-order valence-corrected chi connectivity index (χ2v) is 7.00. The van der Waals surface area contributed by atoms with Gasteiger partial charge in [0, 0.05) is 0 Å². The van der Waals surface area contributed by atoms with Crippen LogP contribution in [0.3, 0.4) is 0 Å². The van der Waals surface area contributed by atoms with Gasteiger partial charge in [-0.15, -0.1) is 0 Å². The van der Waals surface area contributed by atoms with Crippen LogP contribution in [0.4, 0.5) is 5.69 Å². The van der Waals surface area contributed by atoms with E-state index in [1.165, 1.54) is 4.90 Å². The Morgan fingerprint density at radius 1 is 1.15 bits per heavy atom. The minimum Gasteiger partial charge on any atom is -0.492 e. The molecule has 1 saturated heterocycles. The maximum Gasteiger partial charge on any atom is 0.292 e. The highest BCUT2D eigenvalue weighted by Crippen LogP contribution is 2.51. The monoisotopic (exact) mass is 393 g/mol. The van der Waals surface area contributed by atoms with Crippen LogP contribution in [0, 0.1) is 6.92 Å². The highest BCUT2D eigenvalue weighted by atomic mass is 35.5. The lowest BCUT2D eigenvalue weighted by Gasteiger charge is -2.22. The molecule has 0 N–H and O–H groups in total. The fourth-order valence-corrected chi connectivity index (χ4v) is 3.89. The van der Waals surface area contributed by atoms with Crippen molar-refractivity contribution >= 4 is 34.8 Å². The normalized spacial score (nSPS) is 17.8. The predicted octanol–water partition coefficient (Wildman–Crippen LogP) is 3.93. The molecule has 0 bridgehead atoms. The first kappa shape index (κ1) is 17.6. The molecule has 2 aromatic carbocycles. The van der Waals surface area contributed by atoms with Gasteiger partial charge in [0.15, 0.2) is 0 Å². The summed E-state index contributed by atoms with van der Waals surface area (Å²) in [5.41, 5.74) is 2.11. The van der Waals surface area contributed by atoms with Gasteiger partial charge >= 0.3 is 0 Å². The van der Waals surface area contributed by atoms with Crippen molar-refractivity contribution in [2.24, 2.45) is 0 Å². The van der Waals surface area contributed by atoms with Gasteiger partial charge in [0.1, 0.15) is 12.4 Å². The molecule has 0 atom stereocenters. The van der Waals surface area contributed by atoms with Gasteiger partial charge in [-0.2, -0.15) is 0 Å². The third kappa shape index (κ3) is 2.76. The molecular formula is C19H17Cl2NO4. The van der Waals surface area contributed by atoms with Crippen molar-refractivity contribution in [2.75, 3.05) is 31.3 Å². The van der Waals surface area contributed by atoms with Crippen molar-refractivity contribution in [3.05, 3.63) is 57.6 Å². The molecule has 2 aromatic rings. The molecule has 0 saturated carbocycles. The highest BCUT2D eigenvalue weighted by Gasteiger charge is 2.57. The number of carbonyl (C=O) groups is 1. The van der Waals surface area contributed by atoms with E-state index in [0.29, 0.717) is 47.7 Å². The summed E-state index contributed by atoms with van der Waals surface area (Å²) in [6.45, 7) is 3.23. The van der Waals surface area contributed by atoms with E-state index in [0.717, 1.165) is 11.3 Å². The molecule has 1 amide bonds. The summed E-state index contributed by atoms with van der Waals surface area (Å²) in [6.07, 6.45) is 0. The Balaban J connectivity index is 1.61. The summed E-state index contributed by atoms with van der Waals surface area (Å²) in [5.74, 6) is -1.08. The number of hydrogen-bond acceptors (Lipinski definition) is 4. The van der Waals surface area contributed by atoms with E-state index in [-0.39, 0.29) is 5.91 Å². The molecule has 0 aromatic heterocycles. The van der Waals surface area contributed by atoms with Gasteiger partial charge < -0.3 is 19.1 Å². The van der Waals surface area contributed by atoms with E-state index >= 15 is 0 Å². The van der Waals surface area contributed by atoms with E-state index in [9.17, 15) is 4.79 Å². The van der Waals surface area contributed by atoms with E-state index in [2.05, 4.69) is 0 Å². The van der Waals surface area contributed by atoms with Gasteiger partial charge in [0.25, 0.3) is 11.7 Å². The van der Waals surface area contributed by atoms with Gasteiger partial charge in [-0.05, 0) is 36.8 Å².